The maximum absolute atomic E-state index is 13.6. The molecule has 0 N–H and O–H groups in total. The summed E-state index contributed by atoms with van der Waals surface area (Å²) in [5.74, 6) is 0.921. The monoisotopic (exact) mass is 378 g/mol. The van der Waals surface area contributed by atoms with Crippen molar-refractivity contribution < 1.29 is 8.91 Å². The summed E-state index contributed by atoms with van der Waals surface area (Å²) in [5, 5.41) is 13.1. The Hall–Kier alpha value is -3.04. The Kier molecular flexibility index (Phi) is 5.86. The van der Waals surface area contributed by atoms with Crippen LogP contribution in [-0.4, -0.2) is 15.0 Å². The van der Waals surface area contributed by atoms with Gasteiger partial charge in [-0.2, -0.15) is 10.2 Å². The van der Waals surface area contributed by atoms with E-state index in [1.165, 1.54) is 12.1 Å². The molecular weight excluding hydrogens is 355 g/mol. The maximum Gasteiger partial charge on any atom is 0.240 e. The van der Waals surface area contributed by atoms with E-state index in [2.05, 4.69) is 21.1 Å². The van der Waals surface area contributed by atoms with E-state index in [1.54, 1.807) is 18.2 Å². The fraction of sp³-hybridized carbons (Fsp3) is 0.318. The molecule has 0 aliphatic rings. The first-order chi connectivity index (χ1) is 13.3. The van der Waals surface area contributed by atoms with Crippen LogP contribution >= 0.6 is 0 Å². The summed E-state index contributed by atoms with van der Waals surface area (Å²) in [7, 11) is 0. The van der Waals surface area contributed by atoms with Gasteiger partial charge in [-0.15, -0.1) is 0 Å². The van der Waals surface area contributed by atoms with Crippen LogP contribution in [0.4, 0.5) is 4.39 Å². The van der Waals surface area contributed by atoms with Crippen LogP contribution in [0.25, 0.3) is 0 Å². The molecule has 0 atom stereocenters. The molecule has 3 aromatic rings. The molecule has 0 bridgehead atoms. The van der Waals surface area contributed by atoms with Crippen molar-refractivity contribution >= 4 is 0 Å². The summed E-state index contributed by atoms with van der Waals surface area (Å²) in [5.41, 5.74) is 2.34. The number of nitrogens with zero attached hydrogens (tertiary/aromatic N) is 4. The molecule has 0 aliphatic heterocycles. The van der Waals surface area contributed by atoms with E-state index in [9.17, 15) is 4.39 Å². The molecule has 144 valence electrons. The lowest BCUT2D eigenvalue weighted by atomic mass is 9.96. The highest BCUT2D eigenvalue weighted by Crippen LogP contribution is 2.20. The lowest BCUT2D eigenvalue weighted by Gasteiger charge is -2.21. The molecule has 0 amide bonds. The molecule has 0 saturated heterocycles. The van der Waals surface area contributed by atoms with Gasteiger partial charge in [0, 0.05) is 18.5 Å². The van der Waals surface area contributed by atoms with Gasteiger partial charge in [0.2, 0.25) is 5.89 Å². The van der Waals surface area contributed by atoms with Crippen molar-refractivity contribution in [3.8, 4) is 6.07 Å². The van der Waals surface area contributed by atoms with E-state index in [4.69, 9.17) is 9.78 Å². The van der Waals surface area contributed by atoms with Gasteiger partial charge in [-0.1, -0.05) is 50.2 Å². The summed E-state index contributed by atoms with van der Waals surface area (Å²) in [6.45, 7) is 7.68. The largest absolute Gasteiger partial charge is 0.338 e. The molecule has 0 spiro atoms. The molecule has 0 saturated carbocycles. The summed E-state index contributed by atoms with van der Waals surface area (Å²) in [6, 6.07) is 16.1. The first-order valence-electron chi connectivity index (χ1n) is 9.12. The zero-order valence-electron chi connectivity index (χ0n) is 16.3. The van der Waals surface area contributed by atoms with Gasteiger partial charge >= 0.3 is 0 Å². The summed E-state index contributed by atoms with van der Waals surface area (Å²) >= 11 is 0. The van der Waals surface area contributed by atoms with Gasteiger partial charge in [0.15, 0.2) is 5.82 Å². The highest BCUT2D eigenvalue weighted by molar-refractivity contribution is 5.31. The standard InChI is InChI=1S/C22H23FN4O/c1-22(2,3)21-25-20(28-26-21)15-27(14-18-5-4-6-19(23)11-18)13-17-9-7-16(12-24)8-10-17/h4-11H,13-15H2,1-3H3. The molecule has 0 radical (unpaired) electrons. The lowest BCUT2D eigenvalue weighted by molar-refractivity contribution is 0.210. The van der Waals surface area contributed by atoms with E-state index < -0.39 is 0 Å². The molecule has 0 unspecified atom stereocenters. The van der Waals surface area contributed by atoms with Crippen LogP contribution in [0.5, 0.6) is 0 Å². The smallest absolute Gasteiger partial charge is 0.240 e. The highest BCUT2D eigenvalue weighted by atomic mass is 19.1. The number of hydrogen-bond donors (Lipinski definition) is 0. The normalized spacial score (nSPS) is 11.6. The van der Waals surface area contributed by atoms with Crippen molar-refractivity contribution in [1.29, 1.82) is 5.26 Å². The minimum atomic E-state index is -0.261. The third-order valence-corrected chi connectivity index (χ3v) is 4.28. The molecule has 6 heteroatoms. The summed E-state index contributed by atoms with van der Waals surface area (Å²) in [4.78, 5) is 6.62. The van der Waals surface area contributed by atoms with Crippen molar-refractivity contribution in [3.63, 3.8) is 0 Å². The lowest BCUT2D eigenvalue weighted by Crippen LogP contribution is -2.23. The minimum absolute atomic E-state index is 0.192. The van der Waals surface area contributed by atoms with Crippen molar-refractivity contribution in [3.05, 3.63) is 82.8 Å². The molecule has 3 rings (SSSR count). The predicted molar refractivity (Wildman–Crippen MR) is 104 cm³/mol. The van der Waals surface area contributed by atoms with E-state index >= 15 is 0 Å². The third kappa shape index (κ3) is 5.24. The highest BCUT2D eigenvalue weighted by Gasteiger charge is 2.22. The predicted octanol–water partition coefficient (Wildman–Crippen LogP) is 4.58. The molecule has 28 heavy (non-hydrogen) atoms. The van der Waals surface area contributed by atoms with E-state index in [-0.39, 0.29) is 11.2 Å². The van der Waals surface area contributed by atoms with E-state index in [0.29, 0.717) is 36.9 Å². The molecule has 1 heterocycles. The van der Waals surface area contributed by atoms with Gasteiger partial charge in [-0.3, -0.25) is 4.90 Å². The van der Waals surface area contributed by atoms with Gasteiger partial charge in [-0.25, -0.2) is 4.39 Å². The Labute approximate surface area is 164 Å². The Morgan fingerprint density at radius 1 is 1.04 bits per heavy atom. The first-order valence-corrected chi connectivity index (χ1v) is 9.12. The SMILES string of the molecule is CC(C)(C)c1noc(CN(Cc2ccc(C#N)cc2)Cc2cccc(F)c2)n1. The number of rotatable bonds is 6. The van der Waals surface area contributed by atoms with Gasteiger partial charge in [0.25, 0.3) is 0 Å². The Bertz CT molecular complexity index is 967. The van der Waals surface area contributed by atoms with E-state index in [1.807, 2.05) is 39.0 Å². The fourth-order valence-corrected chi connectivity index (χ4v) is 2.82. The first kappa shape index (κ1) is 19.7. The van der Waals surface area contributed by atoms with Gasteiger partial charge in [0.05, 0.1) is 18.2 Å². The second-order valence-corrected chi connectivity index (χ2v) is 7.85. The van der Waals surface area contributed by atoms with Crippen LogP contribution in [0.1, 0.15) is 49.2 Å². The molecule has 0 aliphatic carbocycles. The average molecular weight is 378 g/mol. The van der Waals surface area contributed by atoms with Crippen LogP contribution in [0.2, 0.25) is 0 Å². The average Bonchev–Trinajstić information content (AvgIpc) is 3.11. The van der Waals surface area contributed by atoms with E-state index in [0.717, 1.165) is 11.1 Å². The number of benzene rings is 2. The topological polar surface area (TPSA) is 66.0 Å². The molecule has 5 nitrogen and oxygen atoms in total. The van der Waals surface area contributed by atoms with Crippen LogP contribution < -0.4 is 0 Å². The summed E-state index contributed by atoms with van der Waals surface area (Å²) < 4.78 is 19.0. The molecular formula is C22H23FN4O. The van der Waals surface area contributed by atoms with Crippen molar-refractivity contribution in [2.45, 2.75) is 45.8 Å². The second kappa shape index (κ2) is 8.32. The van der Waals surface area contributed by atoms with Gasteiger partial charge in [0.1, 0.15) is 5.82 Å². The number of nitriles is 1. The number of halogens is 1. The fourth-order valence-electron chi connectivity index (χ4n) is 2.82. The van der Waals surface area contributed by atoms with Crippen molar-refractivity contribution in [1.82, 2.24) is 15.0 Å². The second-order valence-electron chi connectivity index (χ2n) is 7.85. The van der Waals surface area contributed by atoms with Crippen LogP contribution in [0.15, 0.2) is 53.1 Å². The minimum Gasteiger partial charge on any atom is -0.338 e. The molecule has 2 aromatic carbocycles. The van der Waals surface area contributed by atoms with Gasteiger partial charge in [-0.05, 0) is 35.4 Å². The Morgan fingerprint density at radius 3 is 2.36 bits per heavy atom. The molecule has 0 fully saturated rings. The Balaban J connectivity index is 1.80. The zero-order chi connectivity index (χ0) is 20.1. The quantitative estimate of drug-likeness (QED) is 0.628. The van der Waals surface area contributed by atoms with Gasteiger partial charge < -0.3 is 4.52 Å². The number of hydrogen-bond acceptors (Lipinski definition) is 5. The van der Waals surface area contributed by atoms with Crippen LogP contribution in [0.3, 0.4) is 0 Å². The van der Waals surface area contributed by atoms with Crippen LogP contribution in [0, 0.1) is 17.1 Å². The van der Waals surface area contributed by atoms with Crippen LogP contribution in [-0.2, 0) is 25.0 Å². The summed E-state index contributed by atoms with van der Waals surface area (Å²) in [6.07, 6.45) is 0. The van der Waals surface area contributed by atoms with Crippen molar-refractivity contribution in [2.75, 3.05) is 0 Å². The molecule has 1 aromatic heterocycles. The zero-order valence-corrected chi connectivity index (χ0v) is 16.3. The number of aromatic nitrogens is 2. The third-order valence-electron chi connectivity index (χ3n) is 4.28. The van der Waals surface area contributed by atoms with Crippen molar-refractivity contribution in [2.24, 2.45) is 0 Å². The maximum atomic E-state index is 13.6. The Morgan fingerprint density at radius 2 is 1.75 bits per heavy atom.